The number of nitrogens with two attached hydrogens (primary N) is 2. The van der Waals surface area contributed by atoms with Crippen molar-refractivity contribution in [2.75, 3.05) is 6.54 Å². The zero-order chi connectivity index (χ0) is 10.4. The molecule has 14 heavy (non-hydrogen) atoms. The molecule has 0 heterocycles. The maximum absolute atomic E-state index is 10.6. The highest BCUT2D eigenvalue weighted by Crippen LogP contribution is 2.11. The predicted octanol–water partition coefficient (Wildman–Crippen LogP) is 0.606. The first-order valence-corrected chi connectivity index (χ1v) is 4.79. The predicted molar refractivity (Wildman–Crippen MR) is 56.7 cm³/mol. The third-order valence-corrected chi connectivity index (χ3v) is 2.17. The van der Waals surface area contributed by atoms with Crippen molar-refractivity contribution < 1.29 is 4.79 Å². The maximum Gasteiger partial charge on any atom is 0.217 e. The molecular weight excluding hydrogens is 176 g/mol. The molecule has 0 saturated carbocycles. The van der Waals surface area contributed by atoms with E-state index in [1.54, 1.807) is 0 Å². The van der Waals surface area contributed by atoms with E-state index in [9.17, 15) is 4.79 Å². The fraction of sp³-hybridized carbons (Fsp3) is 0.364. The Balaban J connectivity index is 2.68. The fourth-order valence-corrected chi connectivity index (χ4v) is 1.46. The Morgan fingerprint density at radius 2 is 1.71 bits per heavy atom. The third kappa shape index (κ3) is 3.18. The van der Waals surface area contributed by atoms with Gasteiger partial charge in [0.05, 0.1) is 0 Å². The van der Waals surface area contributed by atoms with Crippen LogP contribution in [0.15, 0.2) is 24.3 Å². The molecule has 0 atom stereocenters. The van der Waals surface area contributed by atoms with Gasteiger partial charge in [0.2, 0.25) is 5.91 Å². The maximum atomic E-state index is 10.6. The van der Waals surface area contributed by atoms with Crippen LogP contribution >= 0.6 is 0 Å². The lowest BCUT2D eigenvalue weighted by atomic mass is 10.0. The van der Waals surface area contributed by atoms with Crippen molar-refractivity contribution in [3.05, 3.63) is 35.4 Å². The molecule has 0 bridgehead atoms. The van der Waals surface area contributed by atoms with E-state index < -0.39 is 0 Å². The average Bonchev–Trinajstić information content (AvgIpc) is 2.17. The molecule has 0 unspecified atom stereocenters. The zero-order valence-electron chi connectivity index (χ0n) is 8.20. The molecule has 0 aliphatic carbocycles. The van der Waals surface area contributed by atoms with Gasteiger partial charge in [0.15, 0.2) is 0 Å². The normalized spacial score (nSPS) is 10.1. The molecule has 1 aromatic rings. The van der Waals surface area contributed by atoms with Crippen molar-refractivity contribution in [3.8, 4) is 0 Å². The molecule has 0 spiro atoms. The average molecular weight is 192 g/mol. The second kappa shape index (κ2) is 5.40. The first-order valence-electron chi connectivity index (χ1n) is 4.79. The number of benzene rings is 1. The molecule has 3 nitrogen and oxygen atoms in total. The van der Waals surface area contributed by atoms with Crippen molar-refractivity contribution in [2.45, 2.75) is 19.3 Å². The SMILES string of the molecule is NCCc1ccccc1CCC(N)=O. The summed E-state index contributed by atoms with van der Waals surface area (Å²) in [5.74, 6) is -0.257. The molecule has 0 fully saturated rings. The molecule has 0 aromatic heterocycles. The van der Waals surface area contributed by atoms with Gasteiger partial charge in [-0.1, -0.05) is 24.3 Å². The summed E-state index contributed by atoms with van der Waals surface area (Å²) in [5, 5.41) is 0. The Morgan fingerprint density at radius 1 is 1.14 bits per heavy atom. The largest absolute Gasteiger partial charge is 0.370 e. The molecule has 0 saturated heterocycles. The van der Waals surface area contributed by atoms with Gasteiger partial charge in [0, 0.05) is 6.42 Å². The monoisotopic (exact) mass is 192 g/mol. The van der Waals surface area contributed by atoms with Crippen LogP contribution in [0.2, 0.25) is 0 Å². The Morgan fingerprint density at radius 3 is 2.21 bits per heavy atom. The van der Waals surface area contributed by atoms with E-state index in [2.05, 4.69) is 0 Å². The molecular formula is C11H16N2O. The highest BCUT2D eigenvalue weighted by molar-refractivity contribution is 5.74. The Bertz CT molecular complexity index is 310. The fourth-order valence-electron chi connectivity index (χ4n) is 1.46. The van der Waals surface area contributed by atoms with Crippen LogP contribution in [0, 0.1) is 0 Å². The van der Waals surface area contributed by atoms with Crippen molar-refractivity contribution >= 4 is 5.91 Å². The van der Waals surface area contributed by atoms with E-state index in [-0.39, 0.29) is 5.91 Å². The number of hydrogen-bond acceptors (Lipinski definition) is 2. The van der Waals surface area contributed by atoms with Crippen LogP contribution in [0.5, 0.6) is 0 Å². The number of carbonyl (C=O) groups is 1. The van der Waals surface area contributed by atoms with E-state index >= 15 is 0 Å². The quantitative estimate of drug-likeness (QED) is 0.717. The van der Waals surface area contributed by atoms with Gasteiger partial charge >= 0.3 is 0 Å². The summed E-state index contributed by atoms with van der Waals surface area (Å²) < 4.78 is 0. The number of carbonyl (C=O) groups excluding carboxylic acids is 1. The Kier molecular flexibility index (Phi) is 4.13. The van der Waals surface area contributed by atoms with Gasteiger partial charge in [0.1, 0.15) is 0 Å². The van der Waals surface area contributed by atoms with E-state index in [1.807, 2.05) is 24.3 Å². The van der Waals surface area contributed by atoms with Gasteiger partial charge < -0.3 is 11.5 Å². The van der Waals surface area contributed by atoms with Gasteiger partial charge in [-0.3, -0.25) is 4.79 Å². The minimum Gasteiger partial charge on any atom is -0.370 e. The molecule has 1 amide bonds. The molecule has 0 aliphatic heterocycles. The summed E-state index contributed by atoms with van der Waals surface area (Å²) in [6.45, 7) is 0.633. The van der Waals surface area contributed by atoms with E-state index in [1.165, 1.54) is 11.1 Å². The lowest BCUT2D eigenvalue weighted by Gasteiger charge is -2.06. The van der Waals surface area contributed by atoms with Crippen LogP contribution in [0.3, 0.4) is 0 Å². The van der Waals surface area contributed by atoms with E-state index in [4.69, 9.17) is 11.5 Å². The molecule has 1 aromatic carbocycles. The standard InChI is InChI=1S/C11H16N2O/c12-8-7-10-4-2-1-3-9(10)5-6-11(13)14/h1-4H,5-8,12H2,(H2,13,14). The van der Waals surface area contributed by atoms with Crippen molar-refractivity contribution in [3.63, 3.8) is 0 Å². The number of amides is 1. The molecule has 76 valence electrons. The van der Waals surface area contributed by atoms with Crippen LogP contribution in [0.25, 0.3) is 0 Å². The molecule has 0 aliphatic rings. The summed E-state index contributed by atoms with van der Waals surface area (Å²) in [5.41, 5.74) is 13.0. The highest BCUT2D eigenvalue weighted by atomic mass is 16.1. The summed E-state index contributed by atoms with van der Waals surface area (Å²) in [6.07, 6.45) is 1.97. The number of aryl methyl sites for hydroxylation is 1. The van der Waals surface area contributed by atoms with Crippen molar-refractivity contribution in [2.24, 2.45) is 11.5 Å². The first-order chi connectivity index (χ1) is 6.74. The van der Waals surface area contributed by atoms with Gasteiger partial charge in [-0.15, -0.1) is 0 Å². The molecule has 3 heteroatoms. The van der Waals surface area contributed by atoms with Crippen molar-refractivity contribution in [1.82, 2.24) is 0 Å². The molecule has 4 N–H and O–H groups in total. The van der Waals surface area contributed by atoms with Crippen LogP contribution in [0.4, 0.5) is 0 Å². The molecule has 1 rings (SSSR count). The second-order valence-electron chi connectivity index (χ2n) is 3.27. The zero-order valence-corrected chi connectivity index (χ0v) is 8.20. The third-order valence-electron chi connectivity index (χ3n) is 2.17. The van der Waals surface area contributed by atoms with Crippen LogP contribution in [-0.2, 0) is 17.6 Å². The van der Waals surface area contributed by atoms with Gasteiger partial charge in [-0.2, -0.15) is 0 Å². The molecule has 0 radical (unpaired) electrons. The van der Waals surface area contributed by atoms with Gasteiger partial charge in [-0.05, 0) is 30.5 Å². The van der Waals surface area contributed by atoms with Gasteiger partial charge in [0.25, 0.3) is 0 Å². The van der Waals surface area contributed by atoms with Gasteiger partial charge in [-0.25, -0.2) is 0 Å². The minimum atomic E-state index is -0.257. The number of rotatable bonds is 5. The van der Waals surface area contributed by atoms with Crippen molar-refractivity contribution in [1.29, 1.82) is 0 Å². The Hall–Kier alpha value is -1.35. The highest BCUT2D eigenvalue weighted by Gasteiger charge is 2.02. The Labute approximate surface area is 84.1 Å². The van der Waals surface area contributed by atoms with Crippen LogP contribution in [-0.4, -0.2) is 12.5 Å². The summed E-state index contributed by atoms with van der Waals surface area (Å²) in [7, 11) is 0. The van der Waals surface area contributed by atoms with Crippen LogP contribution < -0.4 is 11.5 Å². The topological polar surface area (TPSA) is 69.1 Å². The van der Waals surface area contributed by atoms with E-state index in [0.717, 1.165) is 6.42 Å². The van der Waals surface area contributed by atoms with Crippen LogP contribution in [0.1, 0.15) is 17.5 Å². The summed E-state index contributed by atoms with van der Waals surface area (Å²) in [6, 6.07) is 8.02. The minimum absolute atomic E-state index is 0.257. The lowest BCUT2D eigenvalue weighted by molar-refractivity contribution is -0.117. The lowest BCUT2D eigenvalue weighted by Crippen LogP contribution is -2.12. The smallest absolute Gasteiger partial charge is 0.217 e. The summed E-state index contributed by atoms with van der Waals surface area (Å²) >= 11 is 0. The first kappa shape index (κ1) is 10.7. The second-order valence-corrected chi connectivity index (χ2v) is 3.27. The number of primary amides is 1. The summed E-state index contributed by atoms with van der Waals surface area (Å²) in [4.78, 5) is 10.6. The number of hydrogen-bond donors (Lipinski definition) is 2. The van der Waals surface area contributed by atoms with E-state index in [0.29, 0.717) is 19.4 Å².